The Bertz CT molecular complexity index is 772. The molecule has 2 N–H and O–H groups in total. The van der Waals surface area contributed by atoms with Crippen molar-refractivity contribution in [2.75, 3.05) is 18.4 Å². The molecule has 1 aromatic carbocycles. The van der Waals surface area contributed by atoms with Crippen LogP contribution in [-0.2, 0) is 4.79 Å². The van der Waals surface area contributed by atoms with E-state index in [1.54, 1.807) is 15.6 Å². The van der Waals surface area contributed by atoms with E-state index >= 15 is 0 Å². The Balaban J connectivity index is 1.72. The number of carbonyl (C=O) groups is 2. The fourth-order valence-corrected chi connectivity index (χ4v) is 3.25. The Labute approximate surface area is 146 Å². The molecule has 1 aliphatic heterocycles. The van der Waals surface area contributed by atoms with E-state index in [4.69, 9.17) is 0 Å². The summed E-state index contributed by atoms with van der Waals surface area (Å²) in [4.78, 5) is 25.3. The van der Waals surface area contributed by atoms with Gasteiger partial charge in [-0.05, 0) is 31.4 Å². The fraction of sp³-hybridized carbons (Fsp3) is 0.389. The molecule has 2 aromatic rings. The van der Waals surface area contributed by atoms with Gasteiger partial charge in [-0.1, -0.05) is 25.1 Å². The number of benzene rings is 1. The number of rotatable bonds is 3. The molecule has 1 saturated heterocycles. The van der Waals surface area contributed by atoms with Crippen molar-refractivity contribution < 1.29 is 14.7 Å². The van der Waals surface area contributed by atoms with E-state index in [-0.39, 0.29) is 18.5 Å². The number of carboxylic acids is 1. The van der Waals surface area contributed by atoms with Crippen LogP contribution in [0.5, 0.6) is 0 Å². The van der Waals surface area contributed by atoms with Crippen molar-refractivity contribution in [1.82, 2.24) is 14.7 Å². The molecule has 1 aliphatic rings. The van der Waals surface area contributed by atoms with Crippen LogP contribution in [0.15, 0.2) is 36.4 Å². The average Bonchev–Trinajstić information content (AvgIpc) is 2.95. The quantitative estimate of drug-likeness (QED) is 0.898. The minimum Gasteiger partial charge on any atom is -0.481 e. The third kappa shape index (κ3) is 3.81. The summed E-state index contributed by atoms with van der Waals surface area (Å²) in [5, 5.41) is 16.5. The van der Waals surface area contributed by atoms with Crippen molar-refractivity contribution in [3.05, 3.63) is 42.1 Å². The van der Waals surface area contributed by atoms with Crippen molar-refractivity contribution in [2.45, 2.75) is 20.3 Å². The zero-order valence-corrected chi connectivity index (χ0v) is 14.3. The van der Waals surface area contributed by atoms with Crippen LogP contribution in [0.4, 0.5) is 10.6 Å². The Morgan fingerprint density at radius 2 is 1.96 bits per heavy atom. The number of hydrogen-bond donors (Lipinski definition) is 2. The maximum Gasteiger partial charge on any atom is 0.323 e. The van der Waals surface area contributed by atoms with Gasteiger partial charge in [0, 0.05) is 24.8 Å². The molecule has 0 radical (unpaired) electrons. The number of para-hydroxylation sites is 1. The first-order chi connectivity index (χ1) is 11.9. The first-order valence-corrected chi connectivity index (χ1v) is 8.35. The fourth-order valence-electron chi connectivity index (χ4n) is 3.25. The summed E-state index contributed by atoms with van der Waals surface area (Å²) < 4.78 is 1.76. The minimum atomic E-state index is -0.853. The number of aryl methyl sites for hydroxylation is 1. The standard InChI is InChI=1S/C18H22N4O3/c1-12-8-14(17(23)24)11-21(10-12)18(25)19-16-9-13(2)22(20-16)15-6-4-3-5-7-15/h3-7,9,12,14H,8,10-11H2,1-2H3,(H,23,24)(H,19,20,25). The van der Waals surface area contributed by atoms with Crippen LogP contribution in [0.2, 0.25) is 0 Å². The molecule has 0 bridgehead atoms. The lowest BCUT2D eigenvalue weighted by molar-refractivity contribution is -0.143. The molecular formula is C18H22N4O3. The van der Waals surface area contributed by atoms with Gasteiger partial charge in [-0.2, -0.15) is 0 Å². The van der Waals surface area contributed by atoms with E-state index in [1.807, 2.05) is 44.2 Å². The molecule has 3 rings (SSSR count). The summed E-state index contributed by atoms with van der Waals surface area (Å²) in [6.07, 6.45) is 0.598. The zero-order valence-electron chi connectivity index (χ0n) is 14.3. The largest absolute Gasteiger partial charge is 0.481 e. The number of carbonyl (C=O) groups excluding carboxylic acids is 1. The Morgan fingerprint density at radius 1 is 1.24 bits per heavy atom. The summed E-state index contributed by atoms with van der Waals surface area (Å²) in [6, 6.07) is 11.2. The number of aromatic nitrogens is 2. The Hall–Kier alpha value is -2.83. The molecular weight excluding hydrogens is 320 g/mol. The number of piperidine rings is 1. The molecule has 0 aliphatic carbocycles. The lowest BCUT2D eigenvalue weighted by atomic mass is 9.91. The summed E-state index contributed by atoms with van der Waals surface area (Å²) in [5.41, 5.74) is 1.81. The normalized spacial score (nSPS) is 20.3. The van der Waals surface area contributed by atoms with Crippen molar-refractivity contribution in [2.24, 2.45) is 11.8 Å². The highest BCUT2D eigenvalue weighted by atomic mass is 16.4. The maximum atomic E-state index is 12.5. The second-order valence-corrected chi connectivity index (χ2v) is 6.63. The van der Waals surface area contributed by atoms with Gasteiger partial charge in [0.25, 0.3) is 0 Å². The minimum absolute atomic E-state index is 0.157. The summed E-state index contributed by atoms with van der Waals surface area (Å²) in [7, 11) is 0. The highest BCUT2D eigenvalue weighted by molar-refractivity contribution is 5.89. The molecule has 1 aromatic heterocycles. The van der Waals surface area contributed by atoms with Gasteiger partial charge in [-0.15, -0.1) is 5.10 Å². The highest BCUT2D eigenvalue weighted by Gasteiger charge is 2.32. The van der Waals surface area contributed by atoms with Crippen LogP contribution in [0.25, 0.3) is 5.69 Å². The molecule has 7 heteroatoms. The first kappa shape index (κ1) is 17.0. The molecule has 25 heavy (non-hydrogen) atoms. The van der Waals surface area contributed by atoms with Gasteiger partial charge >= 0.3 is 12.0 Å². The van der Waals surface area contributed by atoms with Gasteiger partial charge in [0.2, 0.25) is 0 Å². The number of carboxylic acid groups (broad SMARTS) is 1. The van der Waals surface area contributed by atoms with Crippen molar-refractivity contribution in [1.29, 1.82) is 0 Å². The second kappa shape index (κ2) is 6.96. The Morgan fingerprint density at radius 3 is 2.64 bits per heavy atom. The summed E-state index contributed by atoms with van der Waals surface area (Å²) in [6.45, 7) is 4.65. The van der Waals surface area contributed by atoms with Gasteiger partial charge < -0.3 is 10.0 Å². The highest BCUT2D eigenvalue weighted by Crippen LogP contribution is 2.23. The number of nitrogens with one attached hydrogen (secondary N) is 1. The SMILES string of the molecule is Cc1cc(NC(=O)N2CC(C)CC(C(=O)O)C2)nn1-c1ccccc1. The van der Waals surface area contributed by atoms with Crippen LogP contribution < -0.4 is 5.32 Å². The monoisotopic (exact) mass is 342 g/mol. The molecule has 7 nitrogen and oxygen atoms in total. The van der Waals surface area contributed by atoms with E-state index in [1.165, 1.54) is 0 Å². The van der Waals surface area contributed by atoms with Gasteiger partial charge in [-0.25, -0.2) is 9.48 Å². The molecule has 2 heterocycles. The second-order valence-electron chi connectivity index (χ2n) is 6.63. The number of amides is 2. The van der Waals surface area contributed by atoms with E-state index < -0.39 is 11.9 Å². The van der Waals surface area contributed by atoms with Crippen molar-refractivity contribution >= 4 is 17.8 Å². The van der Waals surface area contributed by atoms with E-state index in [9.17, 15) is 14.7 Å². The molecule has 0 saturated carbocycles. The van der Waals surface area contributed by atoms with Gasteiger partial charge in [-0.3, -0.25) is 10.1 Å². The van der Waals surface area contributed by atoms with Crippen molar-refractivity contribution in [3.63, 3.8) is 0 Å². The first-order valence-electron chi connectivity index (χ1n) is 8.35. The summed E-state index contributed by atoms with van der Waals surface area (Å²) >= 11 is 0. The lowest BCUT2D eigenvalue weighted by Crippen LogP contribution is -2.47. The molecule has 1 fully saturated rings. The third-order valence-electron chi connectivity index (χ3n) is 4.42. The number of hydrogen-bond acceptors (Lipinski definition) is 3. The van der Waals surface area contributed by atoms with Gasteiger partial charge in [0.1, 0.15) is 0 Å². The number of likely N-dealkylation sites (tertiary alicyclic amines) is 1. The smallest absolute Gasteiger partial charge is 0.323 e. The van der Waals surface area contributed by atoms with Crippen LogP contribution >= 0.6 is 0 Å². The van der Waals surface area contributed by atoms with Crippen LogP contribution in [0, 0.1) is 18.8 Å². The predicted molar refractivity (Wildman–Crippen MR) is 93.8 cm³/mol. The molecule has 0 spiro atoms. The van der Waals surface area contributed by atoms with Gasteiger partial charge in [0.05, 0.1) is 11.6 Å². The Kier molecular flexibility index (Phi) is 4.74. The summed E-state index contributed by atoms with van der Waals surface area (Å²) in [5.74, 6) is -0.757. The van der Waals surface area contributed by atoms with Crippen LogP contribution in [0.1, 0.15) is 19.0 Å². The maximum absolute atomic E-state index is 12.5. The van der Waals surface area contributed by atoms with E-state index in [0.717, 1.165) is 11.4 Å². The van der Waals surface area contributed by atoms with Gasteiger partial charge in [0.15, 0.2) is 5.82 Å². The third-order valence-corrected chi connectivity index (χ3v) is 4.42. The number of urea groups is 1. The van der Waals surface area contributed by atoms with E-state index in [2.05, 4.69) is 10.4 Å². The molecule has 2 atom stereocenters. The van der Waals surface area contributed by atoms with Crippen LogP contribution in [-0.4, -0.2) is 44.9 Å². The molecule has 132 valence electrons. The number of aliphatic carboxylic acids is 1. The lowest BCUT2D eigenvalue weighted by Gasteiger charge is -2.34. The predicted octanol–water partition coefficient (Wildman–Crippen LogP) is 2.76. The topological polar surface area (TPSA) is 87.5 Å². The average molecular weight is 342 g/mol. The van der Waals surface area contributed by atoms with Crippen LogP contribution in [0.3, 0.4) is 0 Å². The number of nitrogens with zero attached hydrogens (tertiary/aromatic N) is 3. The number of anilines is 1. The van der Waals surface area contributed by atoms with E-state index in [0.29, 0.717) is 18.8 Å². The molecule has 2 unspecified atom stereocenters. The molecule has 2 amide bonds. The zero-order chi connectivity index (χ0) is 18.0. The van der Waals surface area contributed by atoms with Crippen molar-refractivity contribution in [3.8, 4) is 5.69 Å².